The Labute approximate surface area is 188 Å². The number of nitrogens with zero attached hydrogens (tertiary/aromatic N) is 2. The van der Waals surface area contributed by atoms with Crippen molar-refractivity contribution in [1.82, 2.24) is 4.98 Å². The average Bonchev–Trinajstić information content (AvgIpc) is 2.84. The number of aromatic nitrogens is 1. The van der Waals surface area contributed by atoms with Gasteiger partial charge in [0.25, 0.3) is 0 Å². The lowest BCUT2D eigenvalue weighted by Gasteiger charge is -2.17. The Hall–Kier alpha value is -4.18. The highest BCUT2D eigenvalue weighted by Gasteiger charge is 2.19. The van der Waals surface area contributed by atoms with Gasteiger partial charge in [0.15, 0.2) is 0 Å². The Morgan fingerprint density at radius 1 is 0.875 bits per heavy atom. The molecule has 1 aliphatic rings. The van der Waals surface area contributed by atoms with Crippen molar-refractivity contribution < 1.29 is 0 Å². The van der Waals surface area contributed by atoms with Crippen LogP contribution in [-0.2, 0) is 6.42 Å². The van der Waals surface area contributed by atoms with Crippen LogP contribution < -0.4 is 0 Å². The molecule has 2 aromatic carbocycles. The minimum absolute atomic E-state index is 0.216. The molecule has 2 N–H and O–H groups in total. The van der Waals surface area contributed by atoms with Crippen LogP contribution in [0.15, 0.2) is 102 Å². The van der Waals surface area contributed by atoms with Gasteiger partial charge in [-0.3, -0.25) is 20.8 Å². The molecule has 0 saturated heterocycles. The number of aliphatic imine (C=N–C) groups is 1. The predicted molar refractivity (Wildman–Crippen MR) is 135 cm³/mol. The Morgan fingerprint density at radius 3 is 2.47 bits per heavy atom. The molecule has 32 heavy (non-hydrogen) atoms. The first kappa shape index (κ1) is 21.1. The molecule has 1 heterocycles. The molecule has 1 aromatic heterocycles. The smallest absolute Gasteiger partial charge is 0.0867 e. The Balaban J connectivity index is 1.68. The van der Waals surface area contributed by atoms with E-state index < -0.39 is 0 Å². The number of rotatable bonds is 6. The van der Waals surface area contributed by atoms with Crippen LogP contribution >= 0.6 is 0 Å². The van der Waals surface area contributed by atoms with Crippen LogP contribution in [0.25, 0.3) is 22.3 Å². The molecule has 0 atom stereocenters. The van der Waals surface area contributed by atoms with E-state index in [0.717, 1.165) is 45.4 Å². The summed E-state index contributed by atoms with van der Waals surface area (Å²) in [6.45, 7) is 0. The van der Waals surface area contributed by atoms with Crippen LogP contribution in [0.3, 0.4) is 0 Å². The number of nitrogens with one attached hydrogen (secondary N) is 2. The van der Waals surface area contributed by atoms with E-state index >= 15 is 0 Å². The van der Waals surface area contributed by atoms with Gasteiger partial charge < -0.3 is 0 Å². The van der Waals surface area contributed by atoms with Crippen molar-refractivity contribution in [3.63, 3.8) is 0 Å². The molecule has 0 aliphatic heterocycles. The number of hydrogen-bond donors (Lipinski definition) is 2. The number of hydrogen-bond acceptors (Lipinski definition) is 4. The lowest BCUT2D eigenvalue weighted by atomic mass is 9.87. The van der Waals surface area contributed by atoms with Crippen LogP contribution in [0.5, 0.6) is 0 Å². The second-order valence-corrected chi connectivity index (χ2v) is 7.51. The summed E-state index contributed by atoms with van der Waals surface area (Å²) >= 11 is 0. The number of allylic oxidation sites excluding steroid dienone is 6. The van der Waals surface area contributed by atoms with Gasteiger partial charge >= 0.3 is 0 Å². The Kier molecular flexibility index (Phi) is 6.42. The maximum absolute atomic E-state index is 8.50. The molecule has 0 spiro atoms. The van der Waals surface area contributed by atoms with Gasteiger partial charge in [0.1, 0.15) is 0 Å². The maximum atomic E-state index is 8.50. The molecule has 0 unspecified atom stereocenters. The van der Waals surface area contributed by atoms with E-state index in [-0.39, 0.29) is 11.4 Å². The molecule has 4 nitrogen and oxygen atoms in total. The van der Waals surface area contributed by atoms with E-state index in [4.69, 9.17) is 10.8 Å². The van der Waals surface area contributed by atoms with E-state index in [2.05, 4.69) is 40.3 Å². The third-order valence-corrected chi connectivity index (χ3v) is 5.29. The Bertz CT molecular complexity index is 1280. The minimum atomic E-state index is 0.216. The fraction of sp³-hybridized carbons (Fsp3) is 0.0714. The highest BCUT2D eigenvalue weighted by atomic mass is 14.6. The molecule has 0 radical (unpaired) electrons. The fourth-order valence-electron chi connectivity index (χ4n) is 3.67. The highest BCUT2D eigenvalue weighted by molar-refractivity contribution is 6.61. The number of pyridine rings is 1. The third-order valence-electron chi connectivity index (χ3n) is 5.29. The summed E-state index contributed by atoms with van der Waals surface area (Å²) in [4.78, 5) is 8.17. The SMILES string of the molecule is C/N=C\C=C/Cc1cccc(C2=CC(c3cccc(-c4cccnc4)c3)=CC(=N)C2=N)c1. The zero-order valence-corrected chi connectivity index (χ0v) is 17.9. The molecular weight excluding hydrogens is 392 g/mol. The van der Waals surface area contributed by atoms with Crippen LogP contribution in [0.4, 0.5) is 0 Å². The minimum Gasteiger partial charge on any atom is -0.299 e. The van der Waals surface area contributed by atoms with Gasteiger partial charge in [-0.15, -0.1) is 0 Å². The van der Waals surface area contributed by atoms with Gasteiger partial charge in [0, 0.05) is 36.8 Å². The lowest BCUT2D eigenvalue weighted by molar-refractivity contribution is 1.27. The molecule has 1 aliphatic carbocycles. The van der Waals surface area contributed by atoms with Gasteiger partial charge in [0.2, 0.25) is 0 Å². The zero-order valence-electron chi connectivity index (χ0n) is 17.9. The summed E-state index contributed by atoms with van der Waals surface area (Å²) in [5.74, 6) is 0. The monoisotopic (exact) mass is 416 g/mol. The van der Waals surface area contributed by atoms with E-state index in [1.165, 1.54) is 0 Å². The van der Waals surface area contributed by atoms with E-state index in [1.807, 2.05) is 54.7 Å². The topological polar surface area (TPSA) is 73.0 Å². The van der Waals surface area contributed by atoms with Crippen molar-refractivity contribution in [3.8, 4) is 11.1 Å². The summed E-state index contributed by atoms with van der Waals surface area (Å²) in [6.07, 6.45) is 13.9. The molecular formula is C28H24N4. The van der Waals surface area contributed by atoms with E-state index in [0.29, 0.717) is 0 Å². The van der Waals surface area contributed by atoms with Crippen molar-refractivity contribution in [2.24, 2.45) is 4.99 Å². The standard InChI is InChI=1S/C28H24N4/c1-31-13-3-2-7-20-8-4-11-23(15-20)26-17-25(18-27(29)28(26)30)22-10-5-9-21(16-22)24-12-6-14-32-19-24/h2-6,8-19,29-30H,7H2,1H3/b3-2-,29-27?,30-28?,31-13-. The first-order chi connectivity index (χ1) is 15.7. The quantitative estimate of drug-likeness (QED) is 0.371. The van der Waals surface area contributed by atoms with Crippen LogP contribution in [0.2, 0.25) is 0 Å². The Morgan fingerprint density at radius 2 is 1.66 bits per heavy atom. The van der Waals surface area contributed by atoms with Gasteiger partial charge in [-0.1, -0.05) is 54.6 Å². The summed E-state index contributed by atoms with van der Waals surface area (Å²) in [5.41, 5.74) is 7.38. The molecule has 4 rings (SSSR count). The molecule has 0 amide bonds. The second kappa shape index (κ2) is 9.75. The average molecular weight is 417 g/mol. The largest absolute Gasteiger partial charge is 0.299 e. The third kappa shape index (κ3) is 4.76. The van der Waals surface area contributed by atoms with Crippen LogP contribution in [0.1, 0.15) is 16.7 Å². The molecule has 3 aromatic rings. The van der Waals surface area contributed by atoms with Crippen LogP contribution in [-0.4, -0.2) is 29.7 Å². The van der Waals surface area contributed by atoms with E-state index in [1.54, 1.807) is 25.5 Å². The molecule has 0 fully saturated rings. The normalized spacial score (nSPS) is 14.2. The lowest BCUT2D eigenvalue weighted by Crippen LogP contribution is -2.16. The van der Waals surface area contributed by atoms with Crippen molar-refractivity contribution in [2.45, 2.75) is 6.42 Å². The van der Waals surface area contributed by atoms with Gasteiger partial charge in [-0.25, -0.2) is 0 Å². The first-order valence-corrected chi connectivity index (χ1v) is 10.4. The van der Waals surface area contributed by atoms with Gasteiger partial charge in [0.05, 0.1) is 11.4 Å². The van der Waals surface area contributed by atoms with Gasteiger partial charge in [-0.05, 0) is 64.6 Å². The fourth-order valence-corrected chi connectivity index (χ4v) is 3.67. The van der Waals surface area contributed by atoms with Crippen LogP contribution in [0, 0.1) is 10.8 Å². The molecule has 0 bridgehead atoms. The number of benzene rings is 2. The van der Waals surface area contributed by atoms with E-state index in [9.17, 15) is 0 Å². The van der Waals surface area contributed by atoms with Crippen molar-refractivity contribution in [1.29, 1.82) is 10.8 Å². The van der Waals surface area contributed by atoms with Gasteiger partial charge in [-0.2, -0.15) is 0 Å². The zero-order chi connectivity index (χ0) is 22.3. The first-order valence-electron chi connectivity index (χ1n) is 10.4. The summed E-state index contributed by atoms with van der Waals surface area (Å²) in [5, 5.41) is 16.9. The van der Waals surface area contributed by atoms with Crippen molar-refractivity contribution in [3.05, 3.63) is 114 Å². The summed E-state index contributed by atoms with van der Waals surface area (Å²) < 4.78 is 0. The second-order valence-electron chi connectivity index (χ2n) is 7.51. The molecule has 0 saturated carbocycles. The molecule has 156 valence electrons. The van der Waals surface area contributed by atoms with Crippen molar-refractivity contribution in [2.75, 3.05) is 7.05 Å². The summed E-state index contributed by atoms with van der Waals surface area (Å²) in [7, 11) is 1.75. The summed E-state index contributed by atoms with van der Waals surface area (Å²) in [6, 6.07) is 20.4. The maximum Gasteiger partial charge on any atom is 0.0867 e. The predicted octanol–water partition coefficient (Wildman–Crippen LogP) is 6.07. The highest BCUT2D eigenvalue weighted by Crippen LogP contribution is 2.30. The van der Waals surface area contributed by atoms with Crippen molar-refractivity contribution >= 4 is 28.8 Å². The molecule has 4 heteroatoms.